The van der Waals surface area contributed by atoms with Gasteiger partial charge in [-0.1, -0.05) is 0 Å². The second-order valence-electron chi connectivity index (χ2n) is 4.83. The minimum Gasteiger partial charge on any atom is -0.460 e. The van der Waals surface area contributed by atoms with Crippen molar-refractivity contribution in [2.75, 3.05) is 13.1 Å². The van der Waals surface area contributed by atoms with Gasteiger partial charge in [-0.05, 0) is 33.7 Å². The lowest BCUT2D eigenvalue weighted by molar-refractivity contribution is -0.156. The van der Waals surface area contributed by atoms with Crippen molar-refractivity contribution in [2.24, 2.45) is 11.5 Å². The van der Waals surface area contributed by atoms with Crippen LogP contribution in [0.4, 0.5) is 0 Å². The minimum absolute atomic E-state index is 0.119. The molecule has 0 saturated heterocycles. The molecule has 0 aromatic heterocycles. The third-order valence-electron chi connectivity index (χ3n) is 1.82. The molecule has 0 aromatic carbocycles. The standard InChI is InChI=1S/C11H23N3O3/c1-11(2,3)17-9(15)7-8(13)10(16)14-6-4-5-12/h8H,4-7,12-13H2,1-3H3,(H,14,16). The van der Waals surface area contributed by atoms with Crippen LogP contribution in [0.2, 0.25) is 0 Å². The highest BCUT2D eigenvalue weighted by molar-refractivity contribution is 5.86. The molecule has 0 saturated carbocycles. The maximum Gasteiger partial charge on any atom is 0.308 e. The highest BCUT2D eigenvalue weighted by atomic mass is 16.6. The molecule has 1 atom stereocenters. The van der Waals surface area contributed by atoms with Crippen molar-refractivity contribution < 1.29 is 14.3 Å². The molecule has 0 aromatic rings. The van der Waals surface area contributed by atoms with Gasteiger partial charge in [0.05, 0.1) is 12.5 Å². The zero-order chi connectivity index (χ0) is 13.5. The van der Waals surface area contributed by atoms with E-state index in [-0.39, 0.29) is 12.3 Å². The van der Waals surface area contributed by atoms with Crippen LogP contribution < -0.4 is 16.8 Å². The van der Waals surface area contributed by atoms with E-state index in [1.54, 1.807) is 20.8 Å². The molecule has 0 aliphatic carbocycles. The largest absolute Gasteiger partial charge is 0.460 e. The first-order chi connectivity index (χ1) is 7.76. The third kappa shape index (κ3) is 8.65. The van der Waals surface area contributed by atoms with Crippen LogP contribution in [0.15, 0.2) is 0 Å². The maximum atomic E-state index is 11.4. The number of nitrogens with two attached hydrogens (primary N) is 2. The van der Waals surface area contributed by atoms with Crippen molar-refractivity contribution in [1.29, 1.82) is 0 Å². The molecule has 0 aliphatic heterocycles. The molecule has 0 radical (unpaired) electrons. The number of esters is 1. The molecule has 0 aliphatic rings. The first-order valence-corrected chi connectivity index (χ1v) is 5.71. The van der Waals surface area contributed by atoms with Crippen molar-refractivity contribution in [3.05, 3.63) is 0 Å². The molecule has 0 fully saturated rings. The van der Waals surface area contributed by atoms with Gasteiger partial charge in [-0.2, -0.15) is 0 Å². The molecular weight excluding hydrogens is 222 g/mol. The van der Waals surface area contributed by atoms with Gasteiger partial charge in [0.2, 0.25) is 5.91 Å². The van der Waals surface area contributed by atoms with Crippen molar-refractivity contribution in [2.45, 2.75) is 45.3 Å². The van der Waals surface area contributed by atoms with E-state index >= 15 is 0 Å². The molecule has 6 nitrogen and oxygen atoms in total. The van der Waals surface area contributed by atoms with Crippen LogP contribution in [-0.2, 0) is 14.3 Å². The molecule has 0 rings (SSSR count). The fourth-order valence-corrected chi connectivity index (χ4v) is 1.10. The second kappa shape index (κ2) is 7.24. The van der Waals surface area contributed by atoms with E-state index in [4.69, 9.17) is 16.2 Å². The molecule has 100 valence electrons. The lowest BCUT2D eigenvalue weighted by Gasteiger charge is -2.20. The lowest BCUT2D eigenvalue weighted by atomic mass is 10.1. The smallest absolute Gasteiger partial charge is 0.308 e. The van der Waals surface area contributed by atoms with E-state index in [1.807, 2.05) is 0 Å². The number of hydrogen-bond donors (Lipinski definition) is 3. The van der Waals surface area contributed by atoms with E-state index < -0.39 is 17.6 Å². The zero-order valence-electron chi connectivity index (χ0n) is 10.8. The maximum absolute atomic E-state index is 11.4. The van der Waals surface area contributed by atoms with Crippen LogP contribution in [0, 0.1) is 0 Å². The Morgan fingerprint density at radius 1 is 1.35 bits per heavy atom. The van der Waals surface area contributed by atoms with Gasteiger partial charge in [-0.15, -0.1) is 0 Å². The zero-order valence-corrected chi connectivity index (χ0v) is 10.8. The van der Waals surface area contributed by atoms with Gasteiger partial charge in [0.25, 0.3) is 0 Å². The van der Waals surface area contributed by atoms with Crippen LogP contribution in [0.3, 0.4) is 0 Å². The number of carbonyl (C=O) groups is 2. The van der Waals surface area contributed by atoms with Gasteiger partial charge >= 0.3 is 5.97 Å². The molecule has 6 heteroatoms. The normalized spacial score (nSPS) is 13.0. The number of hydrogen-bond acceptors (Lipinski definition) is 5. The predicted molar refractivity (Wildman–Crippen MR) is 65.1 cm³/mol. The lowest BCUT2D eigenvalue weighted by Crippen LogP contribution is -2.43. The third-order valence-corrected chi connectivity index (χ3v) is 1.82. The summed E-state index contributed by atoms with van der Waals surface area (Å²) >= 11 is 0. The van der Waals surface area contributed by atoms with Gasteiger partial charge in [0, 0.05) is 6.54 Å². The number of carbonyl (C=O) groups excluding carboxylic acids is 2. The van der Waals surface area contributed by atoms with Crippen molar-refractivity contribution in [3.63, 3.8) is 0 Å². The minimum atomic E-state index is -0.873. The number of ether oxygens (including phenoxy) is 1. The van der Waals surface area contributed by atoms with E-state index in [9.17, 15) is 9.59 Å². The summed E-state index contributed by atoms with van der Waals surface area (Å²) in [6.45, 7) is 6.26. The SMILES string of the molecule is CC(C)(C)OC(=O)CC(N)C(=O)NCCCN. The summed E-state index contributed by atoms with van der Waals surface area (Å²) in [7, 11) is 0. The summed E-state index contributed by atoms with van der Waals surface area (Å²) in [4.78, 5) is 22.8. The van der Waals surface area contributed by atoms with Gasteiger partial charge in [0.15, 0.2) is 0 Å². The molecule has 1 amide bonds. The average molecular weight is 245 g/mol. The summed E-state index contributed by atoms with van der Waals surface area (Å²) in [6.07, 6.45) is 0.566. The highest BCUT2D eigenvalue weighted by Gasteiger charge is 2.22. The molecule has 17 heavy (non-hydrogen) atoms. The number of nitrogens with one attached hydrogen (secondary N) is 1. The number of rotatable bonds is 6. The first kappa shape index (κ1) is 15.9. The monoisotopic (exact) mass is 245 g/mol. The van der Waals surface area contributed by atoms with E-state index in [2.05, 4.69) is 5.32 Å². The summed E-state index contributed by atoms with van der Waals surface area (Å²) in [6, 6.07) is -0.873. The first-order valence-electron chi connectivity index (χ1n) is 5.71. The quantitative estimate of drug-likeness (QED) is 0.432. The Morgan fingerprint density at radius 3 is 2.41 bits per heavy atom. The Kier molecular flexibility index (Phi) is 6.75. The Balaban J connectivity index is 3.95. The summed E-state index contributed by atoms with van der Waals surface area (Å²) in [5, 5.41) is 2.60. The fourth-order valence-electron chi connectivity index (χ4n) is 1.10. The summed E-state index contributed by atoms with van der Waals surface area (Å²) < 4.78 is 5.07. The van der Waals surface area contributed by atoms with Crippen LogP contribution in [0.5, 0.6) is 0 Å². The fraction of sp³-hybridized carbons (Fsp3) is 0.818. The Bertz CT molecular complexity index is 261. The molecule has 0 spiro atoms. The van der Waals surface area contributed by atoms with Crippen molar-refractivity contribution in [1.82, 2.24) is 5.32 Å². The molecule has 0 heterocycles. The summed E-state index contributed by atoms with van der Waals surface area (Å²) in [5.41, 5.74) is 10.3. The Morgan fingerprint density at radius 2 is 1.94 bits per heavy atom. The Hall–Kier alpha value is -1.14. The number of amides is 1. The Labute approximate surface area is 102 Å². The predicted octanol–water partition coefficient (Wildman–Crippen LogP) is -0.489. The van der Waals surface area contributed by atoms with Crippen LogP contribution >= 0.6 is 0 Å². The van der Waals surface area contributed by atoms with Gasteiger partial charge in [-0.25, -0.2) is 0 Å². The topological polar surface area (TPSA) is 107 Å². The molecular formula is C11H23N3O3. The summed E-state index contributed by atoms with van der Waals surface area (Å²) in [5.74, 6) is -0.830. The molecule has 5 N–H and O–H groups in total. The van der Waals surface area contributed by atoms with Crippen LogP contribution in [0.1, 0.15) is 33.6 Å². The second-order valence-corrected chi connectivity index (χ2v) is 4.83. The van der Waals surface area contributed by atoms with Crippen molar-refractivity contribution >= 4 is 11.9 Å². The van der Waals surface area contributed by atoms with Gasteiger partial charge in [0.1, 0.15) is 5.60 Å². The van der Waals surface area contributed by atoms with Gasteiger partial charge < -0.3 is 21.5 Å². The average Bonchev–Trinajstić information content (AvgIpc) is 2.14. The van der Waals surface area contributed by atoms with Crippen LogP contribution in [0.25, 0.3) is 0 Å². The van der Waals surface area contributed by atoms with Crippen LogP contribution in [-0.4, -0.2) is 36.6 Å². The van der Waals surface area contributed by atoms with Gasteiger partial charge in [-0.3, -0.25) is 9.59 Å². The van der Waals surface area contributed by atoms with E-state index in [0.717, 1.165) is 0 Å². The molecule has 0 bridgehead atoms. The van der Waals surface area contributed by atoms with Crippen molar-refractivity contribution in [3.8, 4) is 0 Å². The highest BCUT2D eigenvalue weighted by Crippen LogP contribution is 2.08. The van der Waals surface area contributed by atoms with E-state index in [1.165, 1.54) is 0 Å². The van der Waals surface area contributed by atoms with E-state index in [0.29, 0.717) is 19.5 Å². The molecule has 1 unspecified atom stereocenters.